The zero-order chi connectivity index (χ0) is 34.4. The van der Waals surface area contributed by atoms with Gasteiger partial charge in [-0.3, -0.25) is 28.5 Å². The van der Waals surface area contributed by atoms with Gasteiger partial charge in [-0.15, -0.1) is 0 Å². The zero-order valence-electron chi connectivity index (χ0n) is 28.4. The van der Waals surface area contributed by atoms with Crippen LogP contribution in [-0.2, 0) is 27.4 Å². The summed E-state index contributed by atoms with van der Waals surface area (Å²) in [7, 11) is 6.89. The van der Waals surface area contributed by atoms with Gasteiger partial charge in [-0.25, -0.2) is 0 Å². The third-order valence-electron chi connectivity index (χ3n) is 7.79. The molecule has 1 amide bonds. The van der Waals surface area contributed by atoms with E-state index in [1.807, 2.05) is 32.8 Å². The molecule has 0 N–H and O–H groups in total. The number of amides is 1. The van der Waals surface area contributed by atoms with E-state index in [4.69, 9.17) is 14.2 Å². The largest absolute Gasteiger partial charge is 0.497 e. The number of nitrogens with zero attached hydrogens (tertiary/aromatic N) is 6. The fourth-order valence-corrected chi connectivity index (χ4v) is 5.06. The van der Waals surface area contributed by atoms with E-state index in [1.165, 1.54) is 16.5 Å². The normalized spacial score (nSPS) is 11.6. The third kappa shape index (κ3) is 8.15. The van der Waals surface area contributed by atoms with E-state index < -0.39 is 5.97 Å². The van der Waals surface area contributed by atoms with E-state index >= 15 is 0 Å². The molecule has 0 saturated carbocycles. The Balaban J connectivity index is 1.50. The maximum atomic E-state index is 13.7. The lowest BCUT2D eigenvalue weighted by molar-refractivity contribution is -0.146. The zero-order valence-corrected chi connectivity index (χ0v) is 28.4. The van der Waals surface area contributed by atoms with Gasteiger partial charge >= 0.3 is 5.97 Å². The van der Waals surface area contributed by atoms with Gasteiger partial charge in [0.2, 0.25) is 5.91 Å². The van der Waals surface area contributed by atoms with E-state index in [1.54, 1.807) is 62.3 Å². The molecule has 0 atom stereocenters. The molecule has 4 aromatic rings. The number of methoxy groups -OCH3 is 2. The topological polar surface area (TPSA) is 138 Å². The lowest BCUT2D eigenvalue weighted by Crippen LogP contribution is -2.41. The van der Waals surface area contributed by atoms with Crippen molar-refractivity contribution in [3.8, 4) is 11.5 Å². The Morgan fingerprint density at radius 1 is 0.723 bits per heavy atom. The SMILES string of the molecule is COc1ccc2c(C(=O)C(C)C)nn(CC(=O)OCCN(CCN(C)C)C(=O)Cn3nc(C(=O)C(C)C)c4ccc(OC)cc43)c2c1. The number of esters is 1. The van der Waals surface area contributed by atoms with Gasteiger partial charge in [0.15, 0.2) is 11.6 Å². The second-order valence-electron chi connectivity index (χ2n) is 12.2. The number of carbonyl (C=O) groups is 4. The Bertz CT molecular complexity index is 1770. The quantitative estimate of drug-likeness (QED) is 0.131. The highest BCUT2D eigenvalue weighted by molar-refractivity contribution is 6.08. The minimum atomic E-state index is -0.567. The molecule has 0 unspecified atom stereocenters. The average molecular weight is 649 g/mol. The number of aromatic nitrogens is 4. The summed E-state index contributed by atoms with van der Waals surface area (Å²) in [4.78, 5) is 56.0. The van der Waals surface area contributed by atoms with Gasteiger partial charge in [0.1, 0.15) is 42.6 Å². The smallest absolute Gasteiger partial charge is 0.327 e. The summed E-state index contributed by atoms with van der Waals surface area (Å²) < 4.78 is 19.3. The van der Waals surface area contributed by atoms with Gasteiger partial charge in [-0.05, 0) is 38.4 Å². The molecule has 0 spiro atoms. The lowest BCUT2D eigenvalue weighted by atomic mass is 10.0. The molecule has 0 radical (unpaired) electrons. The van der Waals surface area contributed by atoms with Crippen LogP contribution in [0.4, 0.5) is 0 Å². The van der Waals surface area contributed by atoms with Crippen molar-refractivity contribution in [1.82, 2.24) is 29.4 Å². The molecule has 0 bridgehead atoms. The Labute approximate surface area is 274 Å². The van der Waals surface area contributed by atoms with Crippen LogP contribution in [0, 0.1) is 11.8 Å². The molecule has 0 saturated heterocycles. The number of Topliss-reactive ketones (excluding diaryl/α,β-unsaturated/α-hetero) is 2. The molecule has 0 aliphatic rings. The molecule has 252 valence electrons. The highest BCUT2D eigenvalue weighted by atomic mass is 16.5. The van der Waals surface area contributed by atoms with Crippen LogP contribution in [0.25, 0.3) is 21.8 Å². The number of benzene rings is 2. The van der Waals surface area contributed by atoms with Crippen LogP contribution in [0.1, 0.15) is 48.7 Å². The minimum Gasteiger partial charge on any atom is -0.497 e. The van der Waals surface area contributed by atoms with Crippen LogP contribution < -0.4 is 9.47 Å². The van der Waals surface area contributed by atoms with Crippen LogP contribution in [-0.4, -0.2) is 107 Å². The number of hydrogen-bond acceptors (Lipinski definition) is 10. The van der Waals surface area contributed by atoms with Crippen LogP contribution in [0.5, 0.6) is 11.5 Å². The Kier molecular flexibility index (Phi) is 11.3. The van der Waals surface area contributed by atoms with Crippen LogP contribution in [0.3, 0.4) is 0 Å². The van der Waals surface area contributed by atoms with E-state index in [0.29, 0.717) is 52.1 Å². The van der Waals surface area contributed by atoms with Gasteiger partial charge in [0.25, 0.3) is 0 Å². The third-order valence-corrected chi connectivity index (χ3v) is 7.79. The highest BCUT2D eigenvalue weighted by Crippen LogP contribution is 2.27. The molecular formula is C34H44N6O7. The molecule has 47 heavy (non-hydrogen) atoms. The minimum absolute atomic E-state index is 0.0525. The van der Waals surface area contributed by atoms with Crippen LogP contribution in [0.2, 0.25) is 0 Å². The first-order valence-corrected chi connectivity index (χ1v) is 15.6. The Morgan fingerprint density at radius 3 is 1.66 bits per heavy atom. The number of ketones is 2. The molecule has 2 heterocycles. The summed E-state index contributed by atoms with van der Waals surface area (Å²) in [6.45, 7) is 7.91. The van der Waals surface area contributed by atoms with Gasteiger partial charge in [0, 0.05) is 47.8 Å². The van der Waals surface area contributed by atoms with Crippen molar-refractivity contribution in [3.63, 3.8) is 0 Å². The first kappa shape index (κ1) is 35.1. The second kappa shape index (κ2) is 15.2. The van der Waals surface area contributed by atoms with Gasteiger partial charge in [-0.1, -0.05) is 27.7 Å². The summed E-state index contributed by atoms with van der Waals surface area (Å²) in [5.41, 5.74) is 1.78. The van der Waals surface area contributed by atoms with E-state index in [9.17, 15) is 19.2 Å². The molecule has 13 heteroatoms. The Hall–Kier alpha value is -4.78. The van der Waals surface area contributed by atoms with Crippen molar-refractivity contribution in [2.24, 2.45) is 11.8 Å². The van der Waals surface area contributed by atoms with Crippen molar-refractivity contribution in [1.29, 1.82) is 0 Å². The molecule has 2 aromatic heterocycles. The standard InChI is InChI=1S/C34H44N6O7/c1-21(2)33(43)31-25-11-9-23(45-7)17-27(25)39(35-31)19-29(41)38(14-13-37(5)6)15-16-47-30(42)20-40-28-18-24(46-8)10-12-26(28)32(36-40)34(44)22(3)4/h9-12,17-18,21-22H,13-16,19-20H2,1-8H3. The second-order valence-corrected chi connectivity index (χ2v) is 12.2. The fourth-order valence-electron chi connectivity index (χ4n) is 5.06. The molecule has 0 aliphatic carbocycles. The maximum Gasteiger partial charge on any atom is 0.327 e. The van der Waals surface area contributed by atoms with Crippen molar-refractivity contribution in [2.75, 3.05) is 54.6 Å². The summed E-state index contributed by atoms with van der Waals surface area (Å²) in [5.74, 6) is -0.466. The number of hydrogen-bond donors (Lipinski definition) is 0. The van der Waals surface area contributed by atoms with Crippen LogP contribution >= 0.6 is 0 Å². The molecular weight excluding hydrogens is 604 g/mol. The number of ether oxygens (including phenoxy) is 3. The highest BCUT2D eigenvalue weighted by Gasteiger charge is 2.24. The predicted octanol–water partition coefficient (Wildman–Crippen LogP) is 3.71. The summed E-state index contributed by atoms with van der Waals surface area (Å²) in [6.07, 6.45) is 0. The molecule has 0 fully saturated rings. The number of fused-ring (bicyclic) bond motifs is 2. The van der Waals surface area contributed by atoms with Gasteiger partial charge in [-0.2, -0.15) is 10.2 Å². The Morgan fingerprint density at radius 2 is 1.21 bits per heavy atom. The molecule has 0 aliphatic heterocycles. The van der Waals surface area contributed by atoms with E-state index in [0.717, 1.165) is 0 Å². The van der Waals surface area contributed by atoms with Gasteiger partial charge < -0.3 is 24.0 Å². The van der Waals surface area contributed by atoms with E-state index in [-0.39, 0.29) is 61.2 Å². The number of carbonyl (C=O) groups excluding carboxylic acids is 4. The van der Waals surface area contributed by atoms with Crippen molar-refractivity contribution >= 4 is 45.2 Å². The van der Waals surface area contributed by atoms with Gasteiger partial charge in [0.05, 0.1) is 31.8 Å². The molecule has 2 aromatic carbocycles. The number of likely N-dealkylation sites (N-methyl/N-ethyl adjacent to an activating group) is 1. The monoisotopic (exact) mass is 648 g/mol. The molecule has 13 nitrogen and oxygen atoms in total. The van der Waals surface area contributed by atoms with Crippen molar-refractivity contribution < 1.29 is 33.4 Å². The summed E-state index contributed by atoms with van der Waals surface area (Å²) >= 11 is 0. The lowest BCUT2D eigenvalue weighted by Gasteiger charge is -2.24. The van der Waals surface area contributed by atoms with Crippen LogP contribution in [0.15, 0.2) is 36.4 Å². The fraction of sp³-hybridized carbons (Fsp3) is 0.471. The van der Waals surface area contributed by atoms with E-state index in [2.05, 4.69) is 10.2 Å². The summed E-state index contributed by atoms with van der Waals surface area (Å²) in [6, 6.07) is 10.5. The van der Waals surface area contributed by atoms with Crippen molar-refractivity contribution in [3.05, 3.63) is 47.8 Å². The summed E-state index contributed by atoms with van der Waals surface area (Å²) in [5, 5.41) is 10.3. The molecule has 4 rings (SSSR count). The predicted molar refractivity (Wildman–Crippen MR) is 177 cm³/mol. The van der Waals surface area contributed by atoms with Crippen molar-refractivity contribution in [2.45, 2.75) is 40.8 Å². The first-order valence-electron chi connectivity index (χ1n) is 15.6. The number of rotatable bonds is 16. The average Bonchev–Trinajstić information content (AvgIpc) is 3.58. The first-order chi connectivity index (χ1) is 22.3. The maximum absolute atomic E-state index is 13.7.